The van der Waals surface area contributed by atoms with Crippen molar-refractivity contribution in [1.82, 2.24) is 0 Å². The van der Waals surface area contributed by atoms with Crippen LogP contribution in [0.4, 0.5) is 0 Å². The first-order valence-electron chi connectivity index (χ1n) is 4.15. The van der Waals surface area contributed by atoms with Gasteiger partial charge in [-0.25, -0.2) is 0 Å². The second-order valence-electron chi connectivity index (χ2n) is 2.75. The SMILES string of the molecule is CCC=CC(N)(CC)CC.Cl. The first-order chi connectivity index (χ1) is 4.68. The van der Waals surface area contributed by atoms with E-state index in [-0.39, 0.29) is 17.9 Å². The van der Waals surface area contributed by atoms with Crippen LogP contribution in [0, 0.1) is 0 Å². The second kappa shape index (κ2) is 6.68. The number of nitrogens with two attached hydrogens (primary N) is 1. The lowest BCUT2D eigenvalue weighted by atomic mass is 9.94. The van der Waals surface area contributed by atoms with Gasteiger partial charge in [-0.05, 0) is 19.3 Å². The van der Waals surface area contributed by atoms with Crippen molar-refractivity contribution in [3.8, 4) is 0 Å². The van der Waals surface area contributed by atoms with Gasteiger partial charge in [-0.1, -0.05) is 32.9 Å². The summed E-state index contributed by atoms with van der Waals surface area (Å²) in [6, 6.07) is 0. The lowest BCUT2D eigenvalue weighted by molar-refractivity contribution is 0.492. The zero-order valence-electron chi connectivity index (χ0n) is 7.76. The van der Waals surface area contributed by atoms with Crippen molar-refractivity contribution in [2.45, 2.75) is 45.6 Å². The highest BCUT2D eigenvalue weighted by molar-refractivity contribution is 5.85. The number of hydrogen-bond acceptors (Lipinski definition) is 1. The molecule has 0 aromatic heterocycles. The van der Waals surface area contributed by atoms with E-state index in [2.05, 4.69) is 32.9 Å². The number of allylic oxidation sites excluding steroid dienone is 1. The maximum Gasteiger partial charge on any atom is 0.0333 e. The number of halogens is 1. The van der Waals surface area contributed by atoms with Crippen molar-refractivity contribution in [3.05, 3.63) is 12.2 Å². The zero-order chi connectivity index (χ0) is 8.04. The van der Waals surface area contributed by atoms with Gasteiger partial charge in [0.2, 0.25) is 0 Å². The number of hydrogen-bond donors (Lipinski definition) is 1. The van der Waals surface area contributed by atoms with Gasteiger partial charge in [-0.3, -0.25) is 0 Å². The fraction of sp³-hybridized carbons (Fsp3) is 0.778. The Bertz CT molecular complexity index is 106. The molecule has 0 unspecified atom stereocenters. The van der Waals surface area contributed by atoms with Crippen LogP contribution in [0.25, 0.3) is 0 Å². The Morgan fingerprint density at radius 3 is 1.91 bits per heavy atom. The van der Waals surface area contributed by atoms with E-state index >= 15 is 0 Å². The van der Waals surface area contributed by atoms with E-state index in [1.54, 1.807) is 0 Å². The van der Waals surface area contributed by atoms with Gasteiger partial charge in [0.25, 0.3) is 0 Å². The summed E-state index contributed by atoms with van der Waals surface area (Å²) in [7, 11) is 0. The third-order valence-electron chi connectivity index (χ3n) is 2.00. The Labute approximate surface area is 76.5 Å². The zero-order valence-corrected chi connectivity index (χ0v) is 8.58. The molecule has 68 valence electrons. The molecule has 0 rings (SSSR count). The maximum atomic E-state index is 6.00. The van der Waals surface area contributed by atoms with Crippen LogP contribution in [0.2, 0.25) is 0 Å². The Kier molecular flexibility index (Phi) is 8.25. The predicted octanol–water partition coefficient (Wildman–Crippen LogP) is 2.89. The van der Waals surface area contributed by atoms with Crippen LogP contribution in [-0.4, -0.2) is 5.54 Å². The molecule has 0 aromatic carbocycles. The number of rotatable bonds is 4. The first kappa shape index (κ1) is 13.6. The average Bonchev–Trinajstić information content (AvgIpc) is 2.00. The van der Waals surface area contributed by atoms with Gasteiger partial charge < -0.3 is 5.73 Å². The maximum absolute atomic E-state index is 6.00. The highest BCUT2D eigenvalue weighted by Gasteiger charge is 2.14. The van der Waals surface area contributed by atoms with Crippen molar-refractivity contribution in [1.29, 1.82) is 0 Å². The summed E-state index contributed by atoms with van der Waals surface area (Å²) in [4.78, 5) is 0. The Morgan fingerprint density at radius 1 is 1.18 bits per heavy atom. The summed E-state index contributed by atoms with van der Waals surface area (Å²) in [6.07, 6.45) is 7.42. The molecule has 0 amide bonds. The predicted molar refractivity (Wildman–Crippen MR) is 54.2 cm³/mol. The van der Waals surface area contributed by atoms with E-state index in [1.165, 1.54) is 0 Å². The largest absolute Gasteiger partial charge is 0.322 e. The van der Waals surface area contributed by atoms with Crippen LogP contribution in [0.3, 0.4) is 0 Å². The smallest absolute Gasteiger partial charge is 0.0333 e. The van der Waals surface area contributed by atoms with Crippen molar-refractivity contribution in [2.24, 2.45) is 5.73 Å². The normalized spacial score (nSPS) is 11.6. The summed E-state index contributed by atoms with van der Waals surface area (Å²) in [5.74, 6) is 0. The van der Waals surface area contributed by atoms with E-state index in [4.69, 9.17) is 5.73 Å². The Morgan fingerprint density at radius 2 is 1.64 bits per heavy atom. The lowest BCUT2D eigenvalue weighted by Crippen LogP contribution is -2.35. The van der Waals surface area contributed by atoms with E-state index in [0.717, 1.165) is 19.3 Å². The molecule has 1 nitrogen and oxygen atoms in total. The van der Waals surface area contributed by atoms with Crippen LogP contribution in [0.1, 0.15) is 40.0 Å². The lowest BCUT2D eigenvalue weighted by Gasteiger charge is -2.21. The summed E-state index contributed by atoms with van der Waals surface area (Å²) in [5, 5.41) is 0. The van der Waals surface area contributed by atoms with Crippen molar-refractivity contribution >= 4 is 12.4 Å². The molecule has 0 aromatic rings. The summed E-state index contributed by atoms with van der Waals surface area (Å²) < 4.78 is 0. The fourth-order valence-corrected chi connectivity index (χ4v) is 0.838. The monoisotopic (exact) mass is 177 g/mol. The van der Waals surface area contributed by atoms with Gasteiger partial charge in [0, 0.05) is 5.54 Å². The van der Waals surface area contributed by atoms with Crippen LogP contribution in [-0.2, 0) is 0 Å². The standard InChI is InChI=1S/C9H19N.ClH/c1-4-7-8-9(10,5-2)6-3;/h7-8H,4-6,10H2,1-3H3;1H. The van der Waals surface area contributed by atoms with Crippen LogP contribution in [0.15, 0.2) is 12.2 Å². The minimum absolute atomic E-state index is 0. The molecule has 2 heteroatoms. The van der Waals surface area contributed by atoms with Gasteiger partial charge in [0.05, 0.1) is 0 Å². The first-order valence-corrected chi connectivity index (χ1v) is 4.15. The molecule has 11 heavy (non-hydrogen) atoms. The van der Waals surface area contributed by atoms with E-state index < -0.39 is 0 Å². The summed E-state index contributed by atoms with van der Waals surface area (Å²) >= 11 is 0. The van der Waals surface area contributed by atoms with E-state index in [0.29, 0.717) is 0 Å². The molecule has 0 saturated carbocycles. The van der Waals surface area contributed by atoms with Gasteiger partial charge in [0.15, 0.2) is 0 Å². The molecular formula is C9H20ClN. The van der Waals surface area contributed by atoms with Crippen LogP contribution in [0.5, 0.6) is 0 Å². The van der Waals surface area contributed by atoms with Gasteiger partial charge in [-0.2, -0.15) is 0 Å². The van der Waals surface area contributed by atoms with Gasteiger partial charge >= 0.3 is 0 Å². The molecule has 0 aliphatic heterocycles. The molecule has 0 heterocycles. The van der Waals surface area contributed by atoms with Gasteiger partial charge in [-0.15, -0.1) is 12.4 Å². The Balaban J connectivity index is 0. The van der Waals surface area contributed by atoms with E-state index in [9.17, 15) is 0 Å². The molecule has 0 spiro atoms. The molecular weight excluding hydrogens is 158 g/mol. The third kappa shape index (κ3) is 5.28. The Hall–Kier alpha value is -0.0100. The third-order valence-corrected chi connectivity index (χ3v) is 2.00. The highest BCUT2D eigenvalue weighted by Crippen LogP contribution is 2.12. The van der Waals surface area contributed by atoms with E-state index in [1.807, 2.05) is 0 Å². The van der Waals surface area contributed by atoms with Crippen LogP contribution < -0.4 is 5.73 Å². The summed E-state index contributed by atoms with van der Waals surface area (Å²) in [5.41, 5.74) is 5.95. The molecule has 0 atom stereocenters. The minimum Gasteiger partial charge on any atom is -0.322 e. The molecule has 0 saturated heterocycles. The minimum atomic E-state index is -0.0456. The fourth-order valence-electron chi connectivity index (χ4n) is 0.838. The molecule has 0 fully saturated rings. The average molecular weight is 178 g/mol. The summed E-state index contributed by atoms with van der Waals surface area (Å²) in [6.45, 7) is 6.38. The second-order valence-corrected chi connectivity index (χ2v) is 2.75. The quantitative estimate of drug-likeness (QED) is 0.657. The molecule has 0 bridgehead atoms. The topological polar surface area (TPSA) is 26.0 Å². The van der Waals surface area contributed by atoms with Crippen LogP contribution >= 0.6 is 12.4 Å². The molecule has 0 aliphatic rings. The van der Waals surface area contributed by atoms with Crippen molar-refractivity contribution in [3.63, 3.8) is 0 Å². The van der Waals surface area contributed by atoms with Crippen molar-refractivity contribution in [2.75, 3.05) is 0 Å². The van der Waals surface area contributed by atoms with Crippen molar-refractivity contribution < 1.29 is 0 Å². The molecule has 0 radical (unpaired) electrons. The van der Waals surface area contributed by atoms with Gasteiger partial charge in [0.1, 0.15) is 0 Å². The molecule has 2 N–H and O–H groups in total. The highest BCUT2D eigenvalue weighted by atomic mass is 35.5. The molecule has 0 aliphatic carbocycles.